The minimum absolute atomic E-state index is 0.623. The molecule has 0 bridgehead atoms. The fourth-order valence-corrected chi connectivity index (χ4v) is 2.41. The topological polar surface area (TPSA) is 32.3 Å². The zero-order valence-electron chi connectivity index (χ0n) is 10.7. The normalized spacial score (nSPS) is 17.7. The zero-order valence-corrected chi connectivity index (χ0v) is 11.5. The average Bonchev–Trinajstić information content (AvgIpc) is 2.68. The van der Waals surface area contributed by atoms with Crippen molar-refractivity contribution in [2.75, 3.05) is 23.3 Å². The lowest BCUT2D eigenvalue weighted by Crippen LogP contribution is -2.26. The van der Waals surface area contributed by atoms with Crippen LogP contribution in [0, 0.1) is 0 Å². The van der Waals surface area contributed by atoms with Crippen LogP contribution in [-0.4, -0.2) is 24.6 Å². The van der Waals surface area contributed by atoms with Crippen LogP contribution in [0.5, 0.6) is 0 Å². The van der Waals surface area contributed by atoms with E-state index in [1.54, 1.807) is 6.07 Å². The van der Waals surface area contributed by atoms with Crippen molar-refractivity contribution in [3.63, 3.8) is 0 Å². The maximum Gasteiger partial charge on any atom is 0.274 e. The van der Waals surface area contributed by atoms with Crippen molar-refractivity contribution in [1.82, 2.24) is 0 Å². The fourth-order valence-electron chi connectivity index (χ4n) is 2.35. The summed E-state index contributed by atoms with van der Waals surface area (Å²) in [6, 6.07) is 7.46. The summed E-state index contributed by atoms with van der Waals surface area (Å²) in [5.74, 6) is -0.816. The predicted molar refractivity (Wildman–Crippen MR) is 76.5 cm³/mol. The number of carbonyl (C=O) groups excluding carboxylic acids is 1. The SMILES string of the molecule is O=C(Nc1ccccc1N1CCCCCC1)C(F)Cl. The molecule has 1 N–H and O–H groups in total. The Hall–Kier alpha value is -1.29. The van der Waals surface area contributed by atoms with Gasteiger partial charge in [-0.25, -0.2) is 4.39 Å². The third kappa shape index (κ3) is 3.83. The van der Waals surface area contributed by atoms with E-state index in [-0.39, 0.29) is 0 Å². The number of halogens is 2. The van der Waals surface area contributed by atoms with Crippen molar-refractivity contribution >= 4 is 28.9 Å². The maximum absolute atomic E-state index is 12.8. The minimum Gasteiger partial charge on any atom is -0.370 e. The number of alkyl halides is 2. The fraction of sp³-hybridized carbons (Fsp3) is 0.500. The second-order valence-electron chi connectivity index (χ2n) is 4.71. The first-order valence-electron chi connectivity index (χ1n) is 6.61. The molecule has 104 valence electrons. The number of para-hydroxylation sites is 2. The highest BCUT2D eigenvalue weighted by Crippen LogP contribution is 2.28. The Labute approximate surface area is 117 Å². The summed E-state index contributed by atoms with van der Waals surface area (Å²) < 4.78 is 12.8. The molecule has 1 aromatic carbocycles. The summed E-state index contributed by atoms with van der Waals surface area (Å²) in [5.41, 5.74) is -0.454. The number of benzene rings is 1. The van der Waals surface area contributed by atoms with E-state index < -0.39 is 11.5 Å². The summed E-state index contributed by atoms with van der Waals surface area (Å²) in [5, 5.41) is 2.54. The van der Waals surface area contributed by atoms with E-state index in [1.165, 1.54) is 12.8 Å². The zero-order chi connectivity index (χ0) is 13.7. The van der Waals surface area contributed by atoms with E-state index in [0.29, 0.717) is 5.69 Å². The van der Waals surface area contributed by atoms with Crippen LogP contribution in [0.4, 0.5) is 15.8 Å². The summed E-state index contributed by atoms with van der Waals surface area (Å²) in [4.78, 5) is 13.6. The van der Waals surface area contributed by atoms with Crippen LogP contribution >= 0.6 is 11.6 Å². The molecule has 1 fully saturated rings. The van der Waals surface area contributed by atoms with Crippen molar-refractivity contribution in [3.8, 4) is 0 Å². The number of hydrogen-bond acceptors (Lipinski definition) is 2. The smallest absolute Gasteiger partial charge is 0.274 e. The first-order valence-corrected chi connectivity index (χ1v) is 7.05. The molecule has 1 unspecified atom stereocenters. The summed E-state index contributed by atoms with van der Waals surface area (Å²) in [6.07, 6.45) is 4.76. The average molecular weight is 285 g/mol. The Kier molecular flexibility index (Phi) is 5.02. The van der Waals surface area contributed by atoms with Crippen molar-refractivity contribution in [1.29, 1.82) is 0 Å². The highest BCUT2D eigenvalue weighted by atomic mass is 35.5. The number of hydrogen-bond donors (Lipinski definition) is 1. The molecule has 19 heavy (non-hydrogen) atoms. The third-order valence-corrected chi connectivity index (χ3v) is 3.51. The van der Waals surface area contributed by atoms with Crippen molar-refractivity contribution in [2.45, 2.75) is 31.3 Å². The lowest BCUT2D eigenvalue weighted by Gasteiger charge is -2.25. The first kappa shape index (κ1) is 14.1. The number of carbonyl (C=O) groups is 1. The van der Waals surface area contributed by atoms with Gasteiger partial charge in [0.05, 0.1) is 11.4 Å². The third-order valence-electron chi connectivity index (χ3n) is 3.31. The molecule has 5 heteroatoms. The van der Waals surface area contributed by atoms with Crippen LogP contribution < -0.4 is 10.2 Å². The van der Waals surface area contributed by atoms with E-state index in [0.717, 1.165) is 31.6 Å². The largest absolute Gasteiger partial charge is 0.370 e. The van der Waals surface area contributed by atoms with Crippen molar-refractivity contribution < 1.29 is 9.18 Å². The standard InChI is InChI=1S/C14H18ClFN2O/c15-13(16)14(19)17-11-7-3-4-8-12(11)18-9-5-1-2-6-10-18/h3-4,7-8,13H,1-2,5-6,9-10H2,(H,17,19). The highest BCUT2D eigenvalue weighted by Gasteiger charge is 2.18. The summed E-state index contributed by atoms with van der Waals surface area (Å²) in [7, 11) is 0. The molecule has 0 aliphatic carbocycles. The van der Waals surface area contributed by atoms with E-state index in [9.17, 15) is 9.18 Å². The van der Waals surface area contributed by atoms with E-state index >= 15 is 0 Å². The van der Waals surface area contributed by atoms with Crippen LogP contribution in [0.2, 0.25) is 0 Å². The second-order valence-corrected chi connectivity index (χ2v) is 5.09. The van der Waals surface area contributed by atoms with Crippen LogP contribution in [0.3, 0.4) is 0 Å². The van der Waals surface area contributed by atoms with Gasteiger partial charge in [-0.2, -0.15) is 0 Å². The number of rotatable bonds is 3. The number of anilines is 2. The minimum atomic E-state index is -2.02. The van der Waals surface area contributed by atoms with Gasteiger partial charge in [0, 0.05) is 13.1 Å². The molecular weight excluding hydrogens is 267 g/mol. The van der Waals surface area contributed by atoms with Gasteiger partial charge in [0.25, 0.3) is 11.5 Å². The molecule has 1 aromatic rings. The van der Waals surface area contributed by atoms with Gasteiger partial charge >= 0.3 is 0 Å². The maximum atomic E-state index is 12.8. The number of amides is 1. The van der Waals surface area contributed by atoms with E-state index in [4.69, 9.17) is 11.6 Å². The van der Waals surface area contributed by atoms with E-state index in [2.05, 4.69) is 10.2 Å². The quantitative estimate of drug-likeness (QED) is 0.861. The molecular formula is C14H18ClFN2O. The van der Waals surface area contributed by atoms with Gasteiger partial charge in [-0.1, -0.05) is 36.6 Å². The Morgan fingerprint density at radius 3 is 2.47 bits per heavy atom. The van der Waals surface area contributed by atoms with Gasteiger partial charge in [-0.05, 0) is 25.0 Å². The van der Waals surface area contributed by atoms with Crippen LogP contribution in [0.1, 0.15) is 25.7 Å². The van der Waals surface area contributed by atoms with Crippen molar-refractivity contribution in [2.24, 2.45) is 0 Å². The number of nitrogens with one attached hydrogen (secondary N) is 1. The second kappa shape index (κ2) is 6.75. The van der Waals surface area contributed by atoms with Gasteiger partial charge in [-0.3, -0.25) is 4.79 Å². The molecule has 1 atom stereocenters. The molecule has 1 aliphatic heterocycles. The first-order chi connectivity index (χ1) is 9.18. The van der Waals surface area contributed by atoms with Gasteiger partial charge in [0.15, 0.2) is 0 Å². The van der Waals surface area contributed by atoms with Gasteiger partial charge < -0.3 is 10.2 Å². The van der Waals surface area contributed by atoms with E-state index in [1.807, 2.05) is 18.2 Å². The molecule has 1 heterocycles. The van der Waals surface area contributed by atoms with Crippen LogP contribution in [0.25, 0.3) is 0 Å². The van der Waals surface area contributed by atoms with Gasteiger partial charge in [0.1, 0.15) is 0 Å². The molecule has 1 saturated heterocycles. The molecule has 1 amide bonds. The lowest BCUT2D eigenvalue weighted by atomic mass is 10.2. The molecule has 3 nitrogen and oxygen atoms in total. The molecule has 2 rings (SSSR count). The van der Waals surface area contributed by atoms with Gasteiger partial charge in [0.2, 0.25) is 0 Å². The Balaban J connectivity index is 2.17. The molecule has 1 aliphatic rings. The summed E-state index contributed by atoms with van der Waals surface area (Å²) in [6.45, 7) is 1.93. The van der Waals surface area contributed by atoms with Crippen molar-refractivity contribution in [3.05, 3.63) is 24.3 Å². The molecule has 0 aromatic heterocycles. The Bertz CT molecular complexity index is 431. The van der Waals surface area contributed by atoms with Crippen LogP contribution in [0.15, 0.2) is 24.3 Å². The Morgan fingerprint density at radius 2 is 1.84 bits per heavy atom. The molecule has 0 radical (unpaired) electrons. The van der Waals surface area contributed by atoms with Crippen LogP contribution in [-0.2, 0) is 4.79 Å². The summed E-state index contributed by atoms with van der Waals surface area (Å²) >= 11 is 5.15. The Morgan fingerprint density at radius 1 is 1.21 bits per heavy atom. The molecule has 0 spiro atoms. The lowest BCUT2D eigenvalue weighted by molar-refractivity contribution is -0.118. The number of nitrogens with zero attached hydrogens (tertiary/aromatic N) is 1. The monoisotopic (exact) mass is 284 g/mol. The van der Waals surface area contributed by atoms with Gasteiger partial charge in [-0.15, -0.1) is 0 Å². The molecule has 0 saturated carbocycles. The predicted octanol–water partition coefficient (Wildman–Crippen LogP) is 3.54. The highest BCUT2D eigenvalue weighted by molar-refractivity contribution is 6.31.